The summed E-state index contributed by atoms with van der Waals surface area (Å²) in [6.07, 6.45) is 0. The summed E-state index contributed by atoms with van der Waals surface area (Å²) in [4.78, 5) is 24.8. The lowest BCUT2D eigenvalue weighted by atomic mass is 10.0. The van der Waals surface area contributed by atoms with Crippen molar-refractivity contribution in [1.29, 1.82) is 0 Å². The molecule has 3 rings (SSSR count). The number of hydrogen-bond acceptors (Lipinski definition) is 3. The van der Waals surface area contributed by atoms with Gasteiger partial charge < -0.3 is 14.6 Å². The number of hydrogen-bond donors (Lipinski definition) is 1. The molecule has 1 heterocycles. The number of carbonyl (C=O) groups is 1. The minimum atomic E-state index is -0.239. The normalized spacial score (nSPS) is 10.6. The van der Waals surface area contributed by atoms with Crippen LogP contribution >= 0.6 is 0 Å². The van der Waals surface area contributed by atoms with Crippen molar-refractivity contribution >= 4 is 22.6 Å². The SMILES string of the molecule is COc1ccccc1-c1c(NC(C)=O)n(C)c2ccccc2c1=O. The van der Waals surface area contributed by atoms with E-state index in [0.717, 1.165) is 5.52 Å². The van der Waals surface area contributed by atoms with Crippen LogP contribution in [-0.2, 0) is 11.8 Å². The molecule has 0 unspecified atom stereocenters. The van der Waals surface area contributed by atoms with Crippen molar-refractivity contribution in [3.8, 4) is 16.9 Å². The summed E-state index contributed by atoms with van der Waals surface area (Å²) in [5.74, 6) is 0.795. The molecule has 0 aliphatic heterocycles. The molecule has 122 valence electrons. The van der Waals surface area contributed by atoms with Crippen molar-refractivity contribution in [2.75, 3.05) is 12.4 Å². The number of carbonyl (C=O) groups excluding carboxylic acids is 1. The molecule has 1 N–H and O–H groups in total. The Morgan fingerprint density at radius 3 is 2.46 bits per heavy atom. The van der Waals surface area contributed by atoms with Gasteiger partial charge in [-0.3, -0.25) is 9.59 Å². The molecule has 1 aromatic heterocycles. The summed E-state index contributed by atoms with van der Waals surface area (Å²) in [6, 6.07) is 14.6. The van der Waals surface area contributed by atoms with Crippen LogP contribution in [-0.4, -0.2) is 17.6 Å². The van der Waals surface area contributed by atoms with Gasteiger partial charge in [-0.05, 0) is 18.2 Å². The first-order valence-electron chi connectivity index (χ1n) is 7.57. The van der Waals surface area contributed by atoms with Crippen LogP contribution in [0.1, 0.15) is 6.92 Å². The van der Waals surface area contributed by atoms with Gasteiger partial charge in [0.15, 0.2) is 5.43 Å². The van der Waals surface area contributed by atoms with Crippen LogP contribution in [0.15, 0.2) is 53.3 Å². The van der Waals surface area contributed by atoms with Crippen molar-refractivity contribution in [2.24, 2.45) is 7.05 Å². The summed E-state index contributed by atoms with van der Waals surface area (Å²) < 4.78 is 7.23. The van der Waals surface area contributed by atoms with Crippen LogP contribution in [0, 0.1) is 0 Å². The van der Waals surface area contributed by atoms with Crippen LogP contribution in [0.4, 0.5) is 5.82 Å². The van der Waals surface area contributed by atoms with E-state index >= 15 is 0 Å². The Bertz CT molecular complexity index is 990. The zero-order valence-corrected chi connectivity index (χ0v) is 13.8. The number of nitrogens with one attached hydrogen (secondary N) is 1. The molecule has 0 saturated carbocycles. The third kappa shape index (κ3) is 2.54. The molecular formula is C19H18N2O3. The van der Waals surface area contributed by atoms with Crippen LogP contribution < -0.4 is 15.5 Å². The van der Waals surface area contributed by atoms with Crippen LogP contribution in [0.2, 0.25) is 0 Å². The zero-order chi connectivity index (χ0) is 17.3. The number of methoxy groups -OCH3 is 1. The lowest BCUT2D eigenvalue weighted by Crippen LogP contribution is -2.19. The molecule has 0 fully saturated rings. The molecule has 3 aromatic rings. The highest BCUT2D eigenvalue weighted by atomic mass is 16.5. The highest BCUT2D eigenvalue weighted by Gasteiger charge is 2.20. The number of fused-ring (bicyclic) bond motifs is 1. The van der Waals surface area contributed by atoms with Gasteiger partial charge in [0.1, 0.15) is 11.6 Å². The van der Waals surface area contributed by atoms with E-state index in [1.54, 1.807) is 19.2 Å². The summed E-state index contributed by atoms with van der Waals surface area (Å²) in [7, 11) is 3.38. The highest BCUT2D eigenvalue weighted by molar-refractivity contribution is 5.98. The summed E-state index contributed by atoms with van der Waals surface area (Å²) in [6.45, 7) is 1.42. The van der Waals surface area contributed by atoms with Gasteiger partial charge in [0.05, 0.1) is 18.2 Å². The number of amides is 1. The highest BCUT2D eigenvalue weighted by Crippen LogP contribution is 2.34. The lowest BCUT2D eigenvalue weighted by Gasteiger charge is -2.18. The third-order valence-corrected chi connectivity index (χ3v) is 3.98. The van der Waals surface area contributed by atoms with Crippen molar-refractivity contribution in [3.63, 3.8) is 0 Å². The maximum absolute atomic E-state index is 13.1. The molecule has 0 saturated heterocycles. The molecule has 5 nitrogen and oxygen atoms in total. The maximum Gasteiger partial charge on any atom is 0.222 e. The molecule has 0 spiro atoms. The molecule has 2 aromatic carbocycles. The van der Waals surface area contributed by atoms with E-state index in [4.69, 9.17) is 4.74 Å². The number of anilines is 1. The number of aromatic nitrogens is 1. The Morgan fingerprint density at radius 1 is 1.08 bits per heavy atom. The van der Waals surface area contributed by atoms with Crippen LogP contribution in [0.5, 0.6) is 5.75 Å². The van der Waals surface area contributed by atoms with Gasteiger partial charge in [0.2, 0.25) is 5.91 Å². The standard InChI is InChI=1S/C19H18N2O3/c1-12(22)20-19-17(14-9-5-7-11-16(14)24-3)18(23)13-8-4-6-10-15(13)21(19)2/h4-11H,1-3H3,(H,20,22). The molecule has 1 amide bonds. The molecule has 24 heavy (non-hydrogen) atoms. The minimum Gasteiger partial charge on any atom is -0.496 e. The van der Waals surface area contributed by atoms with Gasteiger partial charge in [-0.1, -0.05) is 30.3 Å². The first-order chi connectivity index (χ1) is 11.5. The van der Waals surface area contributed by atoms with Gasteiger partial charge >= 0.3 is 0 Å². The fraction of sp³-hybridized carbons (Fsp3) is 0.158. The van der Waals surface area contributed by atoms with Gasteiger partial charge in [0.25, 0.3) is 0 Å². The minimum absolute atomic E-state index is 0.142. The first kappa shape index (κ1) is 15.8. The Hall–Kier alpha value is -3.08. The number of rotatable bonds is 3. The summed E-state index contributed by atoms with van der Waals surface area (Å²) >= 11 is 0. The second-order valence-corrected chi connectivity index (χ2v) is 5.51. The van der Waals surface area contributed by atoms with Gasteiger partial charge in [-0.2, -0.15) is 0 Å². The monoisotopic (exact) mass is 322 g/mol. The van der Waals surface area contributed by atoms with E-state index in [1.165, 1.54) is 6.92 Å². The summed E-state index contributed by atoms with van der Waals surface area (Å²) in [5.41, 5.74) is 1.68. The number of pyridine rings is 1. The fourth-order valence-electron chi connectivity index (χ4n) is 2.90. The van der Waals surface area contributed by atoms with E-state index in [-0.39, 0.29) is 11.3 Å². The van der Waals surface area contributed by atoms with Crippen molar-refractivity contribution < 1.29 is 9.53 Å². The van der Waals surface area contributed by atoms with E-state index in [1.807, 2.05) is 48.0 Å². The van der Waals surface area contributed by atoms with E-state index < -0.39 is 0 Å². The van der Waals surface area contributed by atoms with Crippen LogP contribution in [0.25, 0.3) is 22.0 Å². The summed E-state index contributed by atoms with van der Waals surface area (Å²) in [5, 5.41) is 3.39. The number of para-hydroxylation sites is 2. The fourth-order valence-corrected chi connectivity index (χ4v) is 2.90. The van der Waals surface area contributed by atoms with Crippen LogP contribution in [0.3, 0.4) is 0 Å². The van der Waals surface area contributed by atoms with E-state index in [0.29, 0.717) is 28.1 Å². The lowest BCUT2D eigenvalue weighted by molar-refractivity contribution is -0.114. The van der Waals surface area contributed by atoms with Gasteiger partial charge in [0, 0.05) is 24.9 Å². The average Bonchev–Trinajstić information content (AvgIpc) is 2.59. The largest absolute Gasteiger partial charge is 0.496 e. The van der Waals surface area contributed by atoms with Crippen molar-refractivity contribution in [2.45, 2.75) is 6.92 Å². The van der Waals surface area contributed by atoms with Gasteiger partial charge in [-0.15, -0.1) is 0 Å². The number of benzene rings is 2. The molecule has 0 bridgehead atoms. The average molecular weight is 322 g/mol. The number of aryl methyl sites for hydroxylation is 1. The predicted octanol–water partition coefficient (Wildman–Crippen LogP) is 3.17. The maximum atomic E-state index is 13.1. The Balaban J connectivity index is 2.47. The molecule has 0 radical (unpaired) electrons. The molecular weight excluding hydrogens is 304 g/mol. The van der Waals surface area contributed by atoms with Gasteiger partial charge in [-0.25, -0.2) is 0 Å². The Labute approximate surface area is 139 Å². The Kier molecular flexibility index (Phi) is 4.08. The van der Waals surface area contributed by atoms with Crippen molar-refractivity contribution in [1.82, 2.24) is 4.57 Å². The first-order valence-corrected chi connectivity index (χ1v) is 7.57. The molecule has 0 aliphatic rings. The quantitative estimate of drug-likeness (QED) is 0.806. The third-order valence-electron chi connectivity index (χ3n) is 3.98. The molecule has 5 heteroatoms. The molecule has 0 atom stereocenters. The topological polar surface area (TPSA) is 60.3 Å². The molecule has 0 aliphatic carbocycles. The van der Waals surface area contributed by atoms with Crippen molar-refractivity contribution in [3.05, 3.63) is 58.8 Å². The Morgan fingerprint density at radius 2 is 1.75 bits per heavy atom. The van der Waals surface area contributed by atoms with E-state index in [9.17, 15) is 9.59 Å². The van der Waals surface area contributed by atoms with E-state index in [2.05, 4.69) is 5.32 Å². The number of ether oxygens (including phenoxy) is 1. The second kappa shape index (κ2) is 6.20. The zero-order valence-electron chi connectivity index (χ0n) is 13.8. The smallest absolute Gasteiger partial charge is 0.222 e. The predicted molar refractivity (Wildman–Crippen MR) is 95.5 cm³/mol. The second-order valence-electron chi connectivity index (χ2n) is 5.51. The number of nitrogens with zero attached hydrogens (tertiary/aromatic N) is 1.